The average molecular weight is 469 g/mol. The number of amides is 2. The van der Waals surface area contributed by atoms with E-state index in [1.807, 2.05) is 49.4 Å². The minimum atomic E-state index is -0.243. The van der Waals surface area contributed by atoms with Gasteiger partial charge in [0.05, 0.1) is 42.9 Å². The zero-order valence-corrected chi connectivity index (χ0v) is 19.3. The van der Waals surface area contributed by atoms with Crippen LogP contribution >= 0.6 is 0 Å². The third-order valence-corrected chi connectivity index (χ3v) is 5.79. The van der Waals surface area contributed by atoms with Crippen molar-refractivity contribution >= 4 is 29.2 Å². The largest absolute Gasteiger partial charge is 0.497 e. The first kappa shape index (κ1) is 22.1. The number of hydrogen-bond donors (Lipinski definition) is 3. The van der Waals surface area contributed by atoms with E-state index in [-0.39, 0.29) is 11.8 Å². The molecule has 2 aromatic heterocycles. The molecule has 0 bridgehead atoms. The molecule has 1 aliphatic rings. The van der Waals surface area contributed by atoms with Crippen LogP contribution in [0.2, 0.25) is 0 Å². The van der Waals surface area contributed by atoms with Crippen LogP contribution < -0.4 is 15.4 Å². The Bertz CT molecular complexity index is 1440. The molecule has 0 radical (unpaired) electrons. The van der Waals surface area contributed by atoms with E-state index in [4.69, 9.17) is 4.74 Å². The number of aromatic amines is 1. The molecular weight excluding hydrogens is 444 g/mol. The molecule has 0 saturated carbocycles. The first-order valence-corrected chi connectivity index (χ1v) is 11.2. The number of benzene rings is 2. The highest BCUT2D eigenvalue weighted by Gasteiger charge is 2.28. The molecule has 0 spiro atoms. The number of carbonyl (C=O) groups excluding carboxylic acids is 2. The van der Waals surface area contributed by atoms with Crippen molar-refractivity contribution in [2.24, 2.45) is 0 Å². The molecule has 2 amide bonds. The Hall–Kier alpha value is -4.66. The van der Waals surface area contributed by atoms with Crippen LogP contribution in [0.1, 0.15) is 27.3 Å². The van der Waals surface area contributed by atoms with Crippen LogP contribution in [-0.4, -0.2) is 45.4 Å². The van der Waals surface area contributed by atoms with Gasteiger partial charge in [0.1, 0.15) is 5.75 Å². The third kappa shape index (κ3) is 4.43. The van der Waals surface area contributed by atoms with Gasteiger partial charge in [0, 0.05) is 23.5 Å². The number of carbonyl (C=O) groups is 2. The highest BCUT2D eigenvalue weighted by Crippen LogP contribution is 2.41. The lowest BCUT2D eigenvalue weighted by Gasteiger charge is -2.10. The summed E-state index contributed by atoms with van der Waals surface area (Å²) in [4.78, 5) is 30.7. The molecule has 0 unspecified atom stereocenters. The van der Waals surface area contributed by atoms with Crippen LogP contribution in [0.25, 0.3) is 22.8 Å². The lowest BCUT2D eigenvalue weighted by molar-refractivity contribution is -0.110. The Kier molecular flexibility index (Phi) is 5.88. The highest BCUT2D eigenvalue weighted by atomic mass is 16.5. The van der Waals surface area contributed by atoms with Crippen molar-refractivity contribution in [3.63, 3.8) is 0 Å². The number of nitrogens with one attached hydrogen (secondary N) is 3. The molecule has 0 atom stereocenters. The Morgan fingerprint density at radius 1 is 1.14 bits per heavy atom. The summed E-state index contributed by atoms with van der Waals surface area (Å²) in [5.41, 5.74) is 5.66. The van der Waals surface area contributed by atoms with Gasteiger partial charge in [0.2, 0.25) is 0 Å². The van der Waals surface area contributed by atoms with Crippen molar-refractivity contribution in [2.75, 3.05) is 19.0 Å². The second-order valence-electron chi connectivity index (χ2n) is 8.13. The van der Waals surface area contributed by atoms with E-state index in [9.17, 15) is 9.59 Å². The topological polar surface area (TPSA) is 114 Å². The summed E-state index contributed by atoms with van der Waals surface area (Å²) in [5, 5.41) is 13.9. The molecule has 1 aliphatic heterocycles. The maximum absolute atomic E-state index is 13.0. The fourth-order valence-electron chi connectivity index (χ4n) is 4.20. The third-order valence-electron chi connectivity index (χ3n) is 5.79. The summed E-state index contributed by atoms with van der Waals surface area (Å²) in [7, 11) is 1.62. The molecule has 9 nitrogen and oxygen atoms in total. The van der Waals surface area contributed by atoms with Gasteiger partial charge in [-0.1, -0.05) is 24.3 Å². The fourth-order valence-corrected chi connectivity index (χ4v) is 4.20. The standard InChI is InChI=1S/C26H24N6O3/c1-16-13-20(25(33)27-11-12-32-28-9-10-29-32)23(30-16)15-21-24-19(7-4-8-22(24)31-26(21)34)17-5-3-6-18(14-17)35-2/h3-10,13-15,30H,11-12H2,1-2H3,(H,27,33)(H,31,34). The Morgan fingerprint density at radius 2 is 1.94 bits per heavy atom. The van der Waals surface area contributed by atoms with Crippen molar-refractivity contribution in [2.45, 2.75) is 13.5 Å². The summed E-state index contributed by atoms with van der Waals surface area (Å²) >= 11 is 0. The van der Waals surface area contributed by atoms with E-state index in [1.165, 1.54) is 4.80 Å². The normalized spacial score (nSPS) is 13.5. The number of H-pyrrole nitrogens is 1. The molecule has 35 heavy (non-hydrogen) atoms. The van der Waals surface area contributed by atoms with Gasteiger partial charge in [-0.2, -0.15) is 15.0 Å². The van der Waals surface area contributed by atoms with Gasteiger partial charge in [0.15, 0.2) is 0 Å². The van der Waals surface area contributed by atoms with Crippen molar-refractivity contribution in [3.05, 3.63) is 83.4 Å². The number of anilines is 1. The van der Waals surface area contributed by atoms with Crippen molar-refractivity contribution in [1.29, 1.82) is 0 Å². The van der Waals surface area contributed by atoms with Crippen LogP contribution in [0.5, 0.6) is 5.75 Å². The van der Waals surface area contributed by atoms with Crippen molar-refractivity contribution < 1.29 is 14.3 Å². The van der Waals surface area contributed by atoms with Gasteiger partial charge in [0.25, 0.3) is 11.8 Å². The lowest BCUT2D eigenvalue weighted by atomic mass is 9.94. The van der Waals surface area contributed by atoms with E-state index in [2.05, 4.69) is 25.8 Å². The van der Waals surface area contributed by atoms with Gasteiger partial charge in [-0.3, -0.25) is 9.59 Å². The predicted molar refractivity (Wildman–Crippen MR) is 133 cm³/mol. The highest BCUT2D eigenvalue weighted by molar-refractivity contribution is 6.36. The quantitative estimate of drug-likeness (QED) is 0.359. The molecule has 176 valence electrons. The van der Waals surface area contributed by atoms with Crippen molar-refractivity contribution in [1.82, 2.24) is 25.3 Å². The van der Waals surface area contributed by atoms with Gasteiger partial charge >= 0.3 is 0 Å². The number of rotatable bonds is 7. The SMILES string of the molecule is COc1cccc(-c2cccc3c2C(=Cc2[nH]c(C)cc2C(=O)NCCn2nccn2)C(=O)N3)c1. The molecule has 9 heteroatoms. The first-order valence-electron chi connectivity index (χ1n) is 11.2. The van der Waals surface area contributed by atoms with E-state index in [0.29, 0.717) is 29.9 Å². The zero-order chi connectivity index (χ0) is 24.4. The smallest absolute Gasteiger partial charge is 0.256 e. The van der Waals surface area contributed by atoms with Crippen LogP contribution in [0, 0.1) is 6.92 Å². The number of aryl methyl sites for hydroxylation is 1. The summed E-state index contributed by atoms with van der Waals surface area (Å²) < 4.78 is 5.38. The maximum Gasteiger partial charge on any atom is 0.256 e. The molecule has 3 N–H and O–H groups in total. The number of ether oxygens (including phenoxy) is 1. The van der Waals surface area contributed by atoms with E-state index >= 15 is 0 Å². The average Bonchev–Trinajstić information content (AvgIpc) is 3.59. The number of aromatic nitrogens is 4. The van der Waals surface area contributed by atoms with E-state index in [0.717, 1.165) is 33.8 Å². The van der Waals surface area contributed by atoms with Gasteiger partial charge in [-0.15, -0.1) is 0 Å². The first-order chi connectivity index (χ1) is 17.0. The minimum Gasteiger partial charge on any atom is -0.497 e. The Labute approximate surface area is 201 Å². The molecule has 4 aromatic rings. The second kappa shape index (κ2) is 9.30. The number of methoxy groups -OCH3 is 1. The van der Waals surface area contributed by atoms with Crippen LogP contribution in [0.4, 0.5) is 5.69 Å². The van der Waals surface area contributed by atoms with Gasteiger partial charge < -0.3 is 20.4 Å². The summed E-state index contributed by atoms with van der Waals surface area (Å²) in [6, 6.07) is 15.2. The molecule has 0 saturated heterocycles. The van der Waals surface area contributed by atoms with E-state index < -0.39 is 0 Å². The zero-order valence-electron chi connectivity index (χ0n) is 19.3. The summed E-state index contributed by atoms with van der Waals surface area (Å²) in [6.07, 6.45) is 4.92. The van der Waals surface area contributed by atoms with Gasteiger partial charge in [-0.05, 0) is 48.4 Å². The molecule has 3 heterocycles. The molecule has 2 aromatic carbocycles. The Balaban J connectivity index is 1.49. The van der Waals surface area contributed by atoms with E-state index in [1.54, 1.807) is 31.6 Å². The molecule has 0 aliphatic carbocycles. The number of fused-ring (bicyclic) bond motifs is 1. The maximum atomic E-state index is 13.0. The molecule has 5 rings (SSSR count). The summed E-state index contributed by atoms with van der Waals surface area (Å²) in [5.74, 6) is 0.263. The minimum absolute atomic E-state index is 0.223. The van der Waals surface area contributed by atoms with Crippen LogP contribution in [-0.2, 0) is 11.3 Å². The molecule has 0 fully saturated rings. The van der Waals surface area contributed by atoms with Crippen LogP contribution in [0.3, 0.4) is 0 Å². The predicted octanol–water partition coefficient (Wildman–Crippen LogP) is 3.51. The monoisotopic (exact) mass is 468 g/mol. The summed E-state index contributed by atoms with van der Waals surface area (Å²) in [6.45, 7) is 2.70. The number of nitrogens with zero attached hydrogens (tertiary/aromatic N) is 3. The van der Waals surface area contributed by atoms with Crippen LogP contribution in [0.15, 0.2) is 60.9 Å². The Morgan fingerprint density at radius 3 is 2.74 bits per heavy atom. The van der Waals surface area contributed by atoms with Crippen molar-refractivity contribution in [3.8, 4) is 16.9 Å². The second-order valence-corrected chi connectivity index (χ2v) is 8.13. The molecular formula is C26H24N6O3. The number of hydrogen-bond acceptors (Lipinski definition) is 5. The fraction of sp³-hybridized carbons (Fsp3) is 0.154. The van der Waals surface area contributed by atoms with Gasteiger partial charge in [-0.25, -0.2) is 0 Å². The lowest BCUT2D eigenvalue weighted by Crippen LogP contribution is -2.28.